The van der Waals surface area contributed by atoms with Crippen LogP contribution in [0.25, 0.3) is 5.52 Å². The maximum Gasteiger partial charge on any atom is 0.356 e. The summed E-state index contributed by atoms with van der Waals surface area (Å²) in [7, 11) is 0. The molecule has 2 aromatic heterocycles. The number of ether oxygens (including phenoxy) is 1. The number of anilines is 1. The Morgan fingerprint density at radius 2 is 2.14 bits per heavy atom. The van der Waals surface area contributed by atoms with Crippen LogP contribution in [0.4, 0.5) is 5.69 Å². The van der Waals surface area contributed by atoms with Gasteiger partial charge in [-0.05, 0) is 24.3 Å². The van der Waals surface area contributed by atoms with E-state index < -0.39 is 5.97 Å². The molecule has 4 N–H and O–H groups in total. The first-order valence-electron chi connectivity index (χ1n) is 6.46. The van der Waals surface area contributed by atoms with Crippen LogP contribution >= 0.6 is 0 Å². The van der Waals surface area contributed by atoms with Crippen molar-refractivity contribution in [2.75, 3.05) is 5.73 Å². The smallest absolute Gasteiger partial charge is 0.356 e. The van der Waals surface area contributed by atoms with Crippen LogP contribution in [0.2, 0.25) is 0 Å². The first kappa shape index (κ1) is 13.7. The van der Waals surface area contributed by atoms with Gasteiger partial charge in [-0.3, -0.25) is 4.40 Å². The number of hydrogen-bond donors (Lipinski definition) is 3. The summed E-state index contributed by atoms with van der Waals surface area (Å²) in [5, 5.41) is 18.6. The van der Waals surface area contributed by atoms with Gasteiger partial charge in [0.05, 0.1) is 5.52 Å². The highest BCUT2D eigenvalue weighted by Gasteiger charge is 2.17. The number of aromatic nitrogens is 2. The van der Waals surface area contributed by atoms with Gasteiger partial charge in [0.2, 0.25) is 0 Å². The molecule has 0 aliphatic carbocycles. The Balaban J connectivity index is 1.96. The number of rotatable bonds is 4. The van der Waals surface area contributed by atoms with E-state index in [0.717, 1.165) is 0 Å². The molecular weight excluding hydrogens is 286 g/mol. The molecule has 0 atom stereocenters. The van der Waals surface area contributed by atoms with E-state index in [1.807, 2.05) is 0 Å². The summed E-state index contributed by atoms with van der Waals surface area (Å²) in [6.45, 7) is 0.0430. The van der Waals surface area contributed by atoms with Gasteiger partial charge in [0.15, 0.2) is 11.5 Å². The zero-order chi connectivity index (χ0) is 15.7. The number of carbonyl (C=O) groups is 1. The van der Waals surface area contributed by atoms with Crippen molar-refractivity contribution in [3.8, 4) is 11.5 Å². The van der Waals surface area contributed by atoms with Crippen LogP contribution in [0.3, 0.4) is 0 Å². The van der Waals surface area contributed by atoms with Crippen LogP contribution in [0, 0.1) is 0 Å². The molecular formula is C15H13N3O4. The largest absolute Gasteiger partial charge is 0.508 e. The molecule has 0 amide bonds. The average Bonchev–Trinajstić information content (AvgIpc) is 2.83. The van der Waals surface area contributed by atoms with Crippen LogP contribution < -0.4 is 10.5 Å². The summed E-state index contributed by atoms with van der Waals surface area (Å²) in [4.78, 5) is 15.3. The zero-order valence-corrected chi connectivity index (χ0v) is 11.4. The fraction of sp³-hybridized carbons (Fsp3) is 0.0667. The Morgan fingerprint density at radius 3 is 2.86 bits per heavy atom. The number of hydrogen-bond acceptors (Lipinski definition) is 5. The number of pyridine rings is 1. The van der Waals surface area contributed by atoms with Gasteiger partial charge in [-0.15, -0.1) is 0 Å². The van der Waals surface area contributed by atoms with Crippen molar-refractivity contribution in [1.29, 1.82) is 0 Å². The zero-order valence-electron chi connectivity index (χ0n) is 11.4. The first-order chi connectivity index (χ1) is 10.5. The second kappa shape index (κ2) is 5.28. The van der Waals surface area contributed by atoms with Gasteiger partial charge in [-0.1, -0.05) is 6.07 Å². The van der Waals surface area contributed by atoms with Crippen LogP contribution in [0.15, 0.2) is 42.6 Å². The lowest BCUT2D eigenvalue weighted by Gasteiger charge is -2.06. The summed E-state index contributed by atoms with van der Waals surface area (Å²) < 4.78 is 7.12. The number of nitrogens with two attached hydrogens (primary N) is 1. The Bertz CT molecular complexity index is 857. The quantitative estimate of drug-likeness (QED) is 0.678. The lowest BCUT2D eigenvalue weighted by Crippen LogP contribution is -2.02. The molecule has 3 aromatic rings. The predicted molar refractivity (Wildman–Crippen MR) is 79.0 cm³/mol. The monoisotopic (exact) mass is 299 g/mol. The molecule has 22 heavy (non-hydrogen) atoms. The Morgan fingerprint density at radius 1 is 1.32 bits per heavy atom. The maximum absolute atomic E-state index is 11.3. The van der Waals surface area contributed by atoms with Crippen molar-refractivity contribution >= 4 is 17.2 Å². The SMILES string of the molecule is Nc1ccc2c(C(=O)O)nc(COc3cccc(O)c3)n2c1. The third-order valence-electron chi connectivity index (χ3n) is 3.12. The highest BCUT2D eigenvalue weighted by Crippen LogP contribution is 2.20. The van der Waals surface area contributed by atoms with Crippen molar-refractivity contribution in [3.63, 3.8) is 0 Å². The van der Waals surface area contributed by atoms with Crippen LogP contribution in [0.5, 0.6) is 11.5 Å². The lowest BCUT2D eigenvalue weighted by atomic mass is 10.3. The summed E-state index contributed by atoms with van der Waals surface area (Å²) in [5.74, 6) is -0.174. The number of phenols is 1. The molecule has 3 rings (SSSR count). The van der Waals surface area contributed by atoms with Gasteiger partial charge < -0.3 is 20.7 Å². The van der Waals surface area contributed by atoms with Crippen LogP contribution in [-0.2, 0) is 6.61 Å². The number of carboxylic acids is 1. The Hall–Kier alpha value is -3.22. The van der Waals surface area contributed by atoms with Gasteiger partial charge in [-0.25, -0.2) is 9.78 Å². The van der Waals surface area contributed by atoms with Crippen molar-refractivity contribution < 1.29 is 19.7 Å². The summed E-state index contributed by atoms with van der Waals surface area (Å²) >= 11 is 0. The number of phenolic OH excluding ortho intramolecular Hbond substituents is 1. The summed E-state index contributed by atoms with van der Waals surface area (Å²) in [6, 6.07) is 9.53. The number of aromatic carboxylic acids is 1. The number of nitrogen functional groups attached to an aromatic ring is 1. The number of aromatic hydroxyl groups is 1. The van der Waals surface area contributed by atoms with Crippen LogP contribution in [-0.4, -0.2) is 25.6 Å². The lowest BCUT2D eigenvalue weighted by molar-refractivity contribution is 0.0693. The van der Waals surface area contributed by atoms with Gasteiger partial charge in [0, 0.05) is 18.0 Å². The van der Waals surface area contributed by atoms with Crippen molar-refractivity contribution in [1.82, 2.24) is 9.38 Å². The second-order valence-corrected chi connectivity index (χ2v) is 4.69. The number of benzene rings is 1. The fourth-order valence-electron chi connectivity index (χ4n) is 2.14. The normalized spacial score (nSPS) is 10.7. The van der Waals surface area contributed by atoms with E-state index in [-0.39, 0.29) is 18.1 Å². The van der Waals surface area contributed by atoms with Gasteiger partial charge >= 0.3 is 5.97 Å². The average molecular weight is 299 g/mol. The third-order valence-corrected chi connectivity index (χ3v) is 3.12. The van der Waals surface area contributed by atoms with E-state index in [4.69, 9.17) is 10.5 Å². The molecule has 112 valence electrons. The summed E-state index contributed by atoms with van der Waals surface area (Å²) in [5.41, 5.74) is 6.60. The molecule has 0 bridgehead atoms. The molecule has 1 aromatic carbocycles. The minimum atomic E-state index is -1.12. The molecule has 7 heteroatoms. The molecule has 0 aliphatic heterocycles. The van der Waals surface area contributed by atoms with E-state index in [1.165, 1.54) is 12.1 Å². The molecule has 0 radical (unpaired) electrons. The fourth-order valence-corrected chi connectivity index (χ4v) is 2.14. The molecule has 0 saturated carbocycles. The van der Waals surface area contributed by atoms with Gasteiger partial charge in [0.1, 0.15) is 18.1 Å². The van der Waals surface area contributed by atoms with E-state index in [9.17, 15) is 15.0 Å². The Labute approximate surface area is 125 Å². The topological polar surface area (TPSA) is 110 Å². The van der Waals surface area contributed by atoms with Gasteiger partial charge in [0.25, 0.3) is 0 Å². The Kier molecular flexibility index (Phi) is 3.30. The number of fused-ring (bicyclic) bond motifs is 1. The molecule has 7 nitrogen and oxygen atoms in total. The van der Waals surface area contributed by atoms with E-state index in [0.29, 0.717) is 22.8 Å². The molecule has 0 unspecified atom stereocenters. The predicted octanol–water partition coefficient (Wildman–Crippen LogP) is 1.90. The molecule has 0 saturated heterocycles. The second-order valence-electron chi connectivity index (χ2n) is 4.69. The van der Waals surface area contributed by atoms with Crippen molar-refractivity contribution in [3.05, 3.63) is 54.1 Å². The standard InChI is InChI=1S/C15H13N3O4/c16-9-4-5-12-14(15(20)21)17-13(18(12)7-9)8-22-11-3-1-2-10(19)6-11/h1-7,19H,8,16H2,(H,20,21). The van der Waals surface area contributed by atoms with Crippen LogP contribution in [0.1, 0.15) is 16.3 Å². The number of imidazole rings is 1. The van der Waals surface area contributed by atoms with E-state index in [1.54, 1.807) is 34.9 Å². The molecule has 0 spiro atoms. The molecule has 0 aliphatic rings. The number of carboxylic acid groups (broad SMARTS) is 1. The van der Waals surface area contributed by atoms with Gasteiger partial charge in [-0.2, -0.15) is 0 Å². The molecule has 2 heterocycles. The van der Waals surface area contributed by atoms with Crippen molar-refractivity contribution in [2.45, 2.75) is 6.61 Å². The summed E-state index contributed by atoms with van der Waals surface area (Å²) in [6.07, 6.45) is 1.59. The first-order valence-corrected chi connectivity index (χ1v) is 6.46. The minimum Gasteiger partial charge on any atom is -0.508 e. The highest BCUT2D eigenvalue weighted by atomic mass is 16.5. The third kappa shape index (κ3) is 2.51. The minimum absolute atomic E-state index is 0.0430. The van der Waals surface area contributed by atoms with Crippen molar-refractivity contribution in [2.24, 2.45) is 0 Å². The van der Waals surface area contributed by atoms with E-state index >= 15 is 0 Å². The number of nitrogens with zero attached hydrogens (tertiary/aromatic N) is 2. The maximum atomic E-state index is 11.3. The molecule has 0 fully saturated rings. The van der Waals surface area contributed by atoms with E-state index in [2.05, 4.69) is 4.98 Å². The highest BCUT2D eigenvalue weighted by molar-refractivity contribution is 5.93.